The highest BCUT2D eigenvalue weighted by Crippen LogP contribution is 2.25. The van der Waals surface area contributed by atoms with E-state index in [1.165, 1.54) is 0 Å². The summed E-state index contributed by atoms with van der Waals surface area (Å²) in [5, 5.41) is 7.14. The molecule has 0 saturated heterocycles. The van der Waals surface area contributed by atoms with Crippen LogP contribution >= 0.6 is 38.9 Å². The van der Waals surface area contributed by atoms with Gasteiger partial charge in [0.1, 0.15) is 0 Å². The van der Waals surface area contributed by atoms with Gasteiger partial charge in [0.25, 0.3) is 0 Å². The van der Waals surface area contributed by atoms with Crippen LogP contribution in [0, 0.1) is 6.92 Å². The van der Waals surface area contributed by atoms with E-state index in [4.69, 9.17) is 11.6 Å². The van der Waals surface area contributed by atoms with Crippen LogP contribution in [0.15, 0.2) is 28.1 Å². The zero-order valence-electron chi connectivity index (χ0n) is 8.63. The molecule has 5 heteroatoms. The first kappa shape index (κ1) is 11.9. The number of nitrogens with one attached hydrogen (secondary N) is 1. The quantitative estimate of drug-likeness (QED) is 0.903. The fourth-order valence-electron chi connectivity index (χ4n) is 1.29. The van der Waals surface area contributed by atoms with Gasteiger partial charge < -0.3 is 5.32 Å². The highest BCUT2D eigenvalue weighted by Gasteiger charge is 2.00. The third-order valence-electron chi connectivity index (χ3n) is 2.06. The molecule has 0 aliphatic rings. The molecule has 0 amide bonds. The summed E-state index contributed by atoms with van der Waals surface area (Å²) in [5.41, 5.74) is 2.06. The lowest BCUT2D eigenvalue weighted by molar-refractivity contribution is 1.05. The standard InChI is InChI=1S/C11H10BrClN2S/c1-7-15-9(6-16-7)5-14-8-2-3-10(12)11(13)4-8/h2-4,6,14H,5H2,1H3. The van der Waals surface area contributed by atoms with Crippen molar-refractivity contribution >= 4 is 44.6 Å². The van der Waals surface area contributed by atoms with Gasteiger partial charge in [-0.25, -0.2) is 4.98 Å². The average Bonchev–Trinajstić information content (AvgIpc) is 2.66. The maximum Gasteiger partial charge on any atom is 0.0898 e. The first-order chi connectivity index (χ1) is 7.65. The van der Waals surface area contributed by atoms with Crippen molar-refractivity contribution < 1.29 is 0 Å². The topological polar surface area (TPSA) is 24.9 Å². The lowest BCUT2D eigenvalue weighted by Crippen LogP contribution is -1.99. The first-order valence-electron chi connectivity index (χ1n) is 4.75. The number of hydrogen-bond acceptors (Lipinski definition) is 3. The van der Waals surface area contributed by atoms with Gasteiger partial charge in [0.2, 0.25) is 0 Å². The molecule has 0 spiro atoms. The van der Waals surface area contributed by atoms with E-state index in [9.17, 15) is 0 Å². The van der Waals surface area contributed by atoms with Crippen molar-refractivity contribution in [1.29, 1.82) is 0 Å². The second-order valence-electron chi connectivity index (χ2n) is 3.34. The number of anilines is 1. The first-order valence-corrected chi connectivity index (χ1v) is 6.80. The number of thiazole rings is 1. The van der Waals surface area contributed by atoms with Crippen molar-refractivity contribution in [2.75, 3.05) is 5.32 Å². The molecule has 0 fully saturated rings. The summed E-state index contributed by atoms with van der Waals surface area (Å²) >= 11 is 11.0. The summed E-state index contributed by atoms with van der Waals surface area (Å²) in [6.45, 7) is 2.73. The molecule has 0 atom stereocenters. The van der Waals surface area contributed by atoms with Crippen molar-refractivity contribution in [3.8, 4) is 0 Å². The summed E-state index contributed by atoms with van der Waals surface area (Å²) in [6, 6.07) is 5.80. The molecular weight excluding hydrogens is 308 g/mol. The molecule has 16 heavy (non-hydrogen) atoms. The molecule has 0 aliphatic carbocycles. The predicted octanol–water partition coefficient (Wildman–Crippen LogP) is 4.48. The number of benzene rings is 1. The van der Waals surface area contributed by atoms with Crippen molar-refractivity contribution in [1.82, 2.24) is 4.98 Å². The van der Waals surface area contributed by atoms with E-state index >= 15 is 0 Å². The fourth-order valence-corrected chi connectivity index (χ4v) is 2.33. The van der Waals surface area contributed by atoms with Gasteiger partial charge in [0, 0.05) is 15.5 Å². The van der Waals surface area contributed by atoms with E-state index in [-0.39, 0.29) is 0 Å². The summed E-state index contributed by atoms with van der Waals surface area (Å²) in [5.74, 6) is 0. The van der Waals surface area contributed by atoms with Crippen molar-refractivity contribution in [2.24, 2.45) is 0 Å². The molecule has 0 bridgehead atoms. The molecule has 1 aromatic carbocycles. The van der Waals surface area contributed by atoms with Crippen LogP contribution in [-0.2, 0) is 6.54 Å². The van der Waals surface area contributed by atoms with E-state index in [0.717, 1.165) is 27.4 Å². The van der Waals surface area contributed by atoms with Gasteiger partial charge in [0.05, 0.1) is 22.3 Å². The molecule has 0 unspecified atom stereocenters. The molecule has 1 heterocycles. The molecule has 0 radical (unpaired) electrons. The second kappa shape index (κ2) is 5.17. The van der Waals surface area contributed by atoms with Crippen molar-refractivity contribution in [3.05, 3.63) is 43.8 Å². The van der Waals surface area contributed by atoms with E-state index in [2.05, 4.69) is 31.6 Å². The lowest BCUT2D eigenvalue weighted by atomic mass is 10.3. The van der Waals surface area contributed by atoms with E-state index in [0.29, 0.717) is 5.02 Å². The van der Waals surface area contributed by atoms with Crippen LogP contribution in [0.1, 0.15) is 10.7 Å². The highest BCUT2D eigenvalue weighted by atomic mass is 79.9. The SMILES string of the molecule is Cc1nc(CNc2ccc(Br)c(Cl)c2)cs1. The van der Waals surface area contributed by atoms with Gasteiger partial charge in [-0.1, -0.05) is 11.6 Å². The van der Waals surface area contributed by atoms with Gasteiger partial charge in [-0.05, 0) is 41.1 Å². The fraction of sp³-hybridized carbons (Fsp3) is 0.182. The van der Waals surface area contributed by atoms with Gasteiger partial charge in [-0.2, -0.15) is 0 Å². The average molecular weight is 318 g/mol. The van der Waals surface area contributed by atoms with E-state index in [1.54, 1.807) is 11.3 Å². The Labute approximate surface area is 112 Å². The number of aromatic nitrogens is 1. The van der Waals surface area contributed by atoms with Crippen molar-refractivity contribution in [3.63, 3.8) is 0 Å². The number of nitrogens with zero attached hydrogens (tertiary/aromatic N) is 1. The number of hydrogen-bond donors (Lipinski definition) is 1. The molecule has 0 aliphatic heterocycles. The smallest absolute Gasteiger partial charge is 0.0898 e. The Hall–Kier alpha value is -0.580. The van der Waals surface area contributed by atoms with Crippen LogP contribution in [0.25, 0.3) is 0 Å². The van der Waals surface area contributed by atoms with Crippen LogP contribution < -0.4 is 5.32 Å². The third-order valence-corrected chi connectivity index (χ3v) is 4.11. The molecule has 2 aromatic rings. The Morgan fingerprint density at radius 3 is 2.94 bits per heavy atom. The molecule has 1 N–H and O–H groups in total. The molecule has 1 aromatic heterocycles. The van der Waals surface area contributed by atoms with E-state index in [1.807, 2.05) is 25.1 Å². The minimum Gasteiger partial charge on any atom is -0.379 e. The Morgan fingerprint density at radius 1 is 1.50 bits per heavy atom. The lowest BCUT2D eigenvalue weighted by Gasteiger charge is -2.05. The minimum absolute atomic E-state index is 0.708. The zero-order chi connectivity index (χ0) is 11.5. The van der Waals surface area contributed by atoms with Crippen LogP contribution in [-0.4, -0.2) is 4.98 Å². The van der Waals surface area contributed by atoms with Gasteiger partial charge >= 0.3 is 0 Å². The van der Waals surface area contributed by atoms with Gasteiger partial charge in [-0.15, -0.1) is 11.3 Å². The summed E-state index contributed by atoms with van der Waals surface area (Å²) in [7, 11) is 0. The monoisotopic (exact) mass is 316 g/mol. The van der Waals surface area contributed by atoms with Crippen LogP contribution in [0.2, 0.25) is 5.02 Å². The Bertz CT molecular complexity index is 498. The summed E-state index contributed by atoms with van der Waals surface area (Å²) < 4.78 is 0.907. The Kier molecular flexibility index (Phi) is 3.84. The normalized spacial score (nSPS) is 10.4. The van der Waals surface area contributed by atoms with Gasteiger partial charge in [0.15, 0.2) is 0 Å². The van der Waals surface area contributed by atoms with Crippen molar-refractivity contribution in [2.45, 2.75) is 13.5 Å². The summed E-state index contributed by atoms with van der Waals surface area (Å²) in [6.07, 6.45) is 0. The highest BCUT2D eigenvalue weighted by molar-refractivity contribution is 9.10. The molecule has 0 saturated carbocycles. The Balaban J connectivity index is 2.02. The molecule has 84 valence electrons. The van der Waals surface area contributed by atoms with Crippen LogP contribution in [0.3, 0.4) is 0 Å². The van der Waals surface area contributed by atoms with Gasteiger partial charge in [-0.3, -0.25) is 0 Å². The number of halogens is 2. The maximum atomic E-state index is 6.00. The van der Waals surface area contributed by atoms with Crippen LogP contribution in [0.5, 0.6) is 0 Å². The zero-order valence-corrected chi connectivity index (χ0v) is 11.8. The second-order valence-corrected chi connectivity index (χ2v) is 5.66. The largest absolute Gasteiger partial charge is 0.379 e. The van der Waals surface area contributed by atoms with E-state index < -0.39 is 0 Å². The minimum atomic E-state index is 0.708. The Morgan fingerprint density at radius 2 is 2.31 bits per heavy atom. The number of aryl methyl sites for hydroxylation is 1. The molecule has 2 nitrogen and oxygen atoms in total. The third kappa shape index (κ3) is 2.97. The molecular formula is C11H10BrClN2S. The summed E-state index contributed by atoms with van der Waals surface area (Å²) in [4.78, 5) is 4.38. The predicted molar refractivity (Wildman–Crippen MR) is 73.3 cm³/mol. The maximum absolute atomic E-state index is 6.00. The molecule has 2 rings (SSSR count). The number of rotatable bonds is 3. The van der Waals surface area contributed by atoms with Crippen LogP contribution in [0.4, 0.5) is 5.69 Å².